The third kappa shape index (κ3) is 1.73. The molecule has 0 saturated carbocycles. The van der Waals surface area contributed by atoms with Gasteiger partial charge in [0.15, 0.2) is 5.65 Å². The van der Waals surface area contributed by atoms with Crippen molar-refractivity contribution >= 4 is 22.6 Å². The average molecular weight is 250 g/mol. The van der Waals surface area contributed by atoms with Gasteiger partial charge in [-0.05, 0) is 13.0 Å². The molecule has 0 atom stereocenters. The van der Waals surface area contributed by atoms with E-state index in [0.717, 1.165) is 6.07 Å². The third-order valence-corrected chi connectivity index (χ3v) is 2.46. The van der Waals surface area contributed by atoms with Crippen molar-refractivity contribution in [3.8, 4) is 0 Å². The summed E-state index contributed by atoms with van der Waals surface area (Å²) in [7, 11) is 0. The second-order valence-corrected chi connectivity index (χ2v) is 3.59. The first-order valence-corrected chi connectivity index (χ1v) is 4.90. The number of nitrogens with zero attached hydrogens (tertiary/aromatic N) is 3. The van der Waals surface area contributed by atoms with Gasteiger partial charge in [-0.2, -0.15) is 18.3 Å². The number of aromatic nitrogens is 3. The Kier molecular flexibility index (Phi) is 2.53. The zero-order valence-electron chi connectivity index (χ0n) is 8.22. The van der Waals surface area contributed by atoms with Crippen LogP contribution in [0, 0.1) is 0 Å². The van der Waals surface area contributed by atoms with Crippen LogP contribution in [0.4, 0.5) is 13.2 Å². The van der Waals surface area contributed by atoms with Crippen molar-refractivity contribution in [3.63, 3.8) is 0 Å². The van der Waals surface area contributed by atoms with Crippen LogP contribution in [0.1, 0.15) is 12.6 Å². The van der Waals surface area contributed by atoms with E-state index in [0.29, 0.717) is 11.9 Å². The average Bonchev–Trinajstić information content (AvgIpc) is 2.59. The van der Waals surface area contributed by atoms with Crippen LogP contribution in [0.25, 0.3) is 11.0 Å². The molecule has 0 N–H and O–H groups in total. The molecule has 0 fully saturated rings. The number of rotatable bonds is 1. The predicted octanol–water partition coefficient (Wildman–Crippen LogP) is 3.12. The normalized spacial score (nSPS) is 12.3. The van der Waals surface area contributed by atoms with E-state index in [4.69, 9.17) is 11.6 Å². The lowest BCUT2D eigenvalue weighted by molar-refractivity contribution is -0.141. The van der Waals surface area contributed by atoms with Gasteiger partial charge < -0.3 is 0 Å². The highest BCUT2D eigenvalue weighted by Crippen LogP contribution is 2.32. The Morgan fingerprint density at radius 2 is 2.12 bits per heavy atom. The quantitative estimate of drug-likeness (QED) is 0.777. The maximum atomic E-state index is 12.5. The second kappa shape index (κ2) is 3.62. The molecule has 0 saturated heterocycles. The van der Waals surface area contributed by atoms with Crippen LogP contribution < -0.4 is 0 Å². The summed E-state index contributed by atoms with van der Waals surface area (Å²) in [5.41, 5.74) is -0.845. The summed E-state index contributed by atoms with van der Waals surface area (Å²) in [5, 5.41) is 4.34. The Balaban J connectivity index is 2.73. The van der Waals surface area contributed by atoms with Crippen LogP contribution in [0.5, 0.6) is 0 Å². The summed E-state index contributed by atoms with van der Waals surface area (Å²) in [6, 6.07) is 0.811. The molecule has 0 aliphatic carbocycles. The van der Waals surface area contributed by atoms with Crippen molar-refractivity contribution in [1.29, 1.82) is 0 Å². The van der Waals surface area contributed by atoms with Crippen LogP contribution in [0.3, 0.4) is 0 Å². The topological polar surface area (TPSA) is 30.7 Å². The maximum Gasteiger partial charge on any atom is 0.433 e. The van der Waals surface area contributed by atoms with Gasteiger partial charge in [-0.25, -0.2) is 9.67 Å². The van der Waals surface area contributed by atoms with Crippen molar-refractivity contribution < 1.29 is 13.2 Å². The minimum absolute atomic E-state index is 0.0111. The minimum atomic E-state index is -4.50. The Morgan fingerprint density at radius 1 is 1.44 bits per heavy atom. The van der Waals surface area contributed by atoms with E-state index in [1.165, 1.54) is 10.9 Å². The van der Waals surface area contributed by atoms with Gasteiger partial charge in [-0.15, -0.1) is 0 Å². The molecule has 0 amide bonds. The molecule has 16 heavy (non-hydrogen) atoms. The molecule has 2 rings (SSSR count). The Bertz CT molecular complexity index is 533. The number of aryl methyl sites for hydroxylation is 1. The van der Waals surface area contributed by atoms with Gasteiger partial charge in [0.2, 0.25) is 0 Å². The maximum absolute atomic E-state index is 12.5. The summed E-state index contributed by atoms with van der Waals surface area (Å²) in [6.07, 6.45) is -3.09. The van der Waals surface area contributed by atoms with E-state index in [1.54, 1.807) is 6.92 Å². The van der Waals surface area contributed by atoms with Crippen molar-refractivity contribution in [2.75, 3.05) is 0 Å². The van der Waals surface area contributed by atoms with Gasteiger partial charge >= 0.3 is 6.18 Å². The van der Waals surface area contributed by atoms with Gasteiger partial charge in [-0.3, -0.25) is 0 Å². The first-order valence-electron chi connectivity index (χ1n) is 4.52. The highest BCUT2D eigenvalue weighted by molar-refractivity contribution is 6.35. The molecule has 0 aromatic carbocycles. The second-order valence-electron chi connectivity index (χ2n) is 3.18. The summed E-state index contributed by atoms with van der Waals surface area (Å²) in [5.74, 6) is 0. The lowest BCUT2D eigenvalue weighted by Gasteiger charge is -2.07. The third-order valence-electron chi connectivity index (χ3n) is 2.15. The molecule has 0 aliphatic heterocycles. The van der Waals surface area contributed by atoms with Gasteiger partial charge in [0.25, 0.3) is 0 Å². The predicted molar refractivity (Wildman–Crippen MR) is 53.2 cm³/mol. The molecule has 86 valence electrons. The van der Waals surface area contributed by atoms with Crippen molar-refractivity contribution in [1.82, 2.24) is 14.8 Å². The van der Waals surface area contributed by atoms with E-state index < -0.39 is 11.9 Å². The number of fused-ring (bicyclic) bond motifs is 1. The minimum Gasteiger partial charge on any atom is -0.248 e. The van der Waals surface area contributed by atoms with Crippen molar-refractivity contribution in [3.05, 3.63) is 23.0 Å². The summed E-state index contributed by atoms with van der Waals surface area (Å²) < 4.78 is 38.8. The van der Waals surface area contributed by atoms with E-state index in [9.17, 15) is 13.2 Å². The van der Waals surface area contributed by atoms with Crippen molar-refractivity contribution in [2.24, 2.45) is 0 Å². The van der Waals surface area contributed by atoms with Gasteiger partial charge in [-0.1, -0.05) is 11.6 Å². The largest absolute Gasteiger partial charge is 0.433 e. The fraction of sp³-hybridized carbons (Fsp3) is 0.333. The lowest BCUT2D eigenvalue weighted by atomic mass is 10.3. The standard InChI is InChI=1S/C9H7ClF3N3/c1-2-16-8-5(4-14-16)6(10)3-7(15-8)9(11,12)13/h3-4H,2H2,1H3. The molecule has 0 bridgehead atoms. The number of halogens is 4. The molecular weight excluding hydrogens is 243 g/mol. The first kappa shape index (κ1) is 11.2. The van der Waals surface area contributed by atoms with Crippen molar-refractivity contribution in [2.45, 2.75) is 19.6 Å². The van der Waals surface area contributed by atoms with Crippen LogP contribution in [0.15, 0.2) is 12.3 Å². The number of hydrogen-bond donors (Lipinski definition) is 0. The monoisotopic (exact) mass is 249 g/mol. The smallest absolute Gasteiger partial charge is 0.248 e. The molecule has 0 radical (unpaired) electrons. The number of hydrogen-bond acceptors (Lipinski definition) is 2. The SMILES string of the molecule is CCn1ncc2c(Cl)cc(C(F)(F)F)nc21. The Morgan fingerprint density at radius 3 is 2.69 bits per heavy atom. The van der Waals surface area contributed by atoms with E-state index in [1.807, 2.05) is 0 Å². The van der Waals surface area contributed by atoms with Crippen LogP contribution >= 0.6 is 11.6 Å². The Labute approximate surface area is 93.8 Å². The zero-order valence-corrected chi connectivity index (χ0v) is 8.97. The first-order chi connectivity index (χ1) is 7.43. The highest BCUT2D eigenvalue weighted by Gasteiger charge is 2.33. The van der Waals surface area contributed by atoms with E-state index >= 15 is 0 Å². The molecule has 0 aliphatic rings. The molecule has 2 aromatic heterocycles. The highest BCUT2D eigenvalue weighted by atomic mass is 35.5. The zero-order chi connectivity index (χ0) is 11.9. The molecule has 0 unspecified atom stereocenters. The summed E-state index contributed by atoms with van der Waals surface area (Å²) >= 11 is 5.75. The van der Waals surface area contributed by atoms with Gasteiger partial charge in [0.05, 0.1) is 16.6 Å². The fourth-order valence-corrected chi connectivity index (χ4v) is 1.62. The Hall–Kier alpha value is -1.30. The lowest BCUT2D eigenvalue weighted by Crippen LogP contribution is -2.09. The molecule has 7 heteroatoms. The van der Waals surface area contributed by atoms with E-state index in [-0.39, 0.29) is 10.7 Å². The number of pyridine rings is 1. The molecule has 0 spiro atoms. The van der Waals surface area contributed by atoms with E-state index in [2.05, 4.69) is 10.1 Å². The molecule has 2 heterocycles. The fourth-order valence-electron chi connectivity index (χ4n) is 1.39. The summed E-state index contributed by atoms with van der Waals surface area (Å²) in [6.45, 7) is 2.20. The van der Waals surface area contributed by atoms with Crippen LogP contribution in [0.2, 0.25) is 5.02 Å². The molecular formula is C9H7ClF3N3. The van der Waals surface area contributed by atoms with Gasteiger partial charge in [0.1, 0.15) is 5.69 Å². The van der Waals surface area contributed by atoms with Crippen LogP contribution in [-0.2, 0) is 12.7 Å². The summed E-state index contributed by atoms with van der Waals surface area (Å²) in [4.78, 5) is 3.53. The van der Waals surface area contributed by atoms with Gasteiger partial charge in [0, 0.05) is 6.54 Å². The van der Waals surface area contributed by atoms with Crippen LogP contribution in [-0.4, -0.2) is 14.8 Å². The number of alkyl halides is 3. The molecule has 2 aromatic rings. The molecule has 3 nitrogen and oxygen atoms in total.